The largest absolute Gasteiger partial charge is 0.469 e. The van der Waals surface area contributed by atoms with Gasteiger partial charge in [-0.15, -0.1) is 0 Å². The minimum absolute atomic E-state index is 0.00568. The zero-order valence-corrected chi connectivity index (χ0v) is 12.8. The number of hydrogen-bond donors (Lipinski definition) is 3. The van der Waals surface area contributed by atoms with Crippen molar-refractivity contribution in [1.29, 1.82) is 0 Å². The van der Waals surface area contributed by atoms with Gasteiger partial charge in [0.2, 0.25) is 5.28 Å². The van der Waals surface area contributed by atoms with Crippen LogP contribution in [0.15, 0.2) is 6.33 Å². The van der Waals surface area contributed by atoms with Crippen LogP contribution in [0.5, 0.6) is 0 Å². The summed E-state index contributed by atoms with van der Waals surface area (Å²) in [4.78, 5) is 29.5. The fourth-order valence-electron chi connectivity index (χ4n) is 2.32. The first-order valence-electron chi connectivity index (χ1n) is 6.34. The normalized spacial score (nSPS) is 22.5. The first-order chi connectivity index (χ1) is 10.3. The van der Waals surface area contributed by atoms with Crippen LogP contribution >= 0.6 is 19.4 Å². The highest BCUT2D eigenvalue weighted by Gasteiger charge is 2.30. The quantitative estimate of drug-likeness (QED) is 0.540. The van der Waals surface area contributed by atoms with Crippen molar-refractivity contribution in [2.75, 3.05) is 12.3 Å². The Hall–Kier alpha value is -1.29. The third kappa shape index (κ3) is 3.22. The lowest BCUT2D eigenvalue weighted by molar-refractivity contribution is -0.0205. The van der Waals surface area contributed by atoms with E-state index in [1.807, 2.05) is 0 Å². The maximum Gasteiger partial charge on any atom is 0.469 e. The van der Waals surface area contributed by atoms with Gasteiger partial charge in [0.05, 0.1) is 19.0 Å². The average molecular weight is 350 g/mol. The van der Waals surface area contributed by atoms with Crippen LogP contribution in [0.3, 0.4) is 0 Å². The first-order valence-corrected chi connectivity index (χ1v) is 8.25. The van der Waals surface area contributed by atoms with Gasteiger partial charge in [-0.1, -0.05) is 0 Å². The molecule has 0 radical (unpaired) electrons. The van der Waals surface area contributed by atoms with Crippen LogP contribution in [0.2, 0.25) is 5.28 Å². The highest BCUT2D eigenvalue weighted by molar-refractivity contribution is 7.46. The topological polar surface area (TPSA) is 146 Å². The molecule has 1 saturated heterocycles. The van der Waals surface area contributed by atoms with Crippen molar-refractivity contribution in [2.24, 2.45) is 0 Å². The van der Waals surface area contributed by atoms with Crippen LogP contribution in [-0.2, 0) is 13.8 Å². The molecule has 22 heavy (non-hydrogen) atoms. The molecule has 1 aliphatic heterocycles. The van der Waals surface area contributed by atoms with Gasteiger partial charge in [-0.3, -0.25) is 9.09 Å². The van der Waals surface area contributed by atoms with Crippen molar-refractivity contribution in [3.05, 3.63) is 11.6 Å². The van der Waals surface area contributed by atoms with Gasteiger partial charge in [0.25, 0.3) is 0 Å². The number of nitrogens with two attached hydrogens (primary N) is 1. The fraction of sp³-hybridized carbons (Fsp3) is 0.500. The number of imidazole rings is 1. The number of phosphoric ester groups is 1. The van der Waals surface area contributed by atoms with Crippen LogP contribution in [0.4, 0.5) is 5.82 Å². The van der Waals surface area contributed by atoms with Crippen molar-refractivity contribution < 1.29 is 23.6 Å². The van der Waals surface area contributed by atoms with E-state index in [1.165, 1.54) is 6.33 Å². The summed E-state index contributed by atoms with van der Waals surface area (Å²) in [5, 5.41) is 0.00568. The van der Waals surface area contributed by atoms with Crippen LogP contribution in [0.1, 0.15) is 19.1 Å². The fourth-order valence-corrected chi connectivity index (χ4v) is 2.85. The Kier molecular flexibility index (Phi) is 4.06. The molecule has 0 unspecified atom stereocenters. The zero-order valence-electron chi connectivity index (χ0n) is 11.2. The van der Waals surface area contributed by atoms with Crippen LogP contribution in [0.25, 0.3) is 11.2 Å². The monoisotopic (exact) mass is 349 g/mol. The van der Waals surface area contributed by atoms with Gasteiger partial charge in [0, 0.05) is 0 Å². The maximum atomic E-state index is 10.7. The average Bonchev–Trinajstić information content (AvgIpc) is 3.01. The summed E-state index contributed by atoms with van der Waals surface area (Å²) >= 11 is 5.80. The second-order valence-corrected chi connectivity index (χ2v) is 6.36. The van der Waals surface area contributed by atoms with E-state index in [2.05, 4.69) is 19.5 Å². The molecule has 3 heterocycles. The summed E-state index contributed by atoms with van der Waals surface area (Å²) in [6, 6.07) is 0. The second-order valence-electron chi connectivity index (χ2n) is 4.78. The van der Waals surface area contributed by atoms with E-state index in [9.17, 15) is 4.57 Å². The van der Waals surface area contributed by atoms with Gasteiger partial charge in [-0.2, -0.15) is 9.97 Å². The Morgan fingerprint density at radius 3 is 3.00 bits per heavy atom. The van der Waals surface area contributed by atoms with Gasteiger partial charge < -0.3 is 20.3 Å². The SMILES string of the molecule is Nc1nc(Cl)nc2c1ncn2[C@H]1CC[C@@H](COP(=O)(O)O)O1. The number of halogens is 1. The summed E-state index contributed by atoms with van der Waals surface area (Å²) in [6.45, 7) is -0.189. The molecule has 1 aliphatic rings. The highest BCUT2D eigenvalue weighted by atomic mass is 35.5. The van der Waals surface area contributed by atoms with E-state index in [0.717, 1.165) is 0 Å². The molecule has 3 rings (SSSR count). The van der Waals surface area contributed by atoms with E-state index in [4.69, 9.17) is 31.9 Å². The molecule has 0 amide bonds. The molecule has 2 atom stereocenters. The molecule has 4 N–H and O–H groups in total. The van der Waals surface area contributed by atoms with Gasteiger partial charge in [-0.05, 0) is 24.4 Å². The first kappa shape index (κ1) is 15.6. The number of fused-ring (bicyclic) bond motifs is 1. The molecule has 0 aromatic carbocycles. The lowest BCUT2D eigenvalue weighted by atomic mass is 10.2. The molecule has 2 aromatic heterocycles. The maximum absolute atomic E-state index is 10.7. The number of nitrogens with zero attached hydrogens (tertiary/aromatic N) is 4. The summed E-state index contributed by atoms with van der Waals surface area (Å²) in [5.74, 6) is 0.174. The minimum Gasteiger partial charge on any atom is -0.382 e. The molecule has 12 heteroatoms. The van der Waals surface area contributed by atoms with E-state index in [-0.39, 0.29) is 23.9 Å². The number of hydrogen-bond acceptors (Lipinski definition) is 7. The molecule has 0 bridgehead atoms. The van der Waals surface area contributed by atoms with E-state index in [0.29, 0.717) is 24.0 Å². The highest BCUT2D eigenvalue weighted by Crippen LogP contribution is 2.38. The lowest BCUT2D eigenvalue weighted by Crippen LogP contribution is -2.16. The summed E-state index contributed by atoms with van der Waals surface area (Å²) in [7, 11) is -4.50. The van der Waals surface area contributed by atoms with Gasteiger partial charge in [-0.25, -0.2) is 9.55 Å². The van der Waals surface area contributed by atoms with Crippen molar-refractivity contribution >= 4 is 36.4 Å². The van der Waals surface area contributed by atoms with E-state index in [1.54, 1.807) is 4.57 Å². The smallest absolute Gasteiger partial charge is 0.382 e. The zero-order chi connectivity index (χ0) is 15.9. The van der Waals surface area contributed by atoms with Gasteiger partial charge in [0.1, 0.15) is 11.7 Å². The summed E-state index contributed by atoms with van der Waals surface area (Å²) in [5.41, 5.74) is 6.60. The summed E-state index contributed by atoms with van der Waals surface area (Å²) in [6.07, 6.45) is 1.90. The third-order valence-corrected chi connectivity index (χ3v) is 3.90. The number of aromatic nitrogens is 4. The molecule has 1 fully saturated rings. The molecule has 120 valence electrons. The Morgan fingerprint density at radius 1 is 1.50 bits per heavy atom. The number of ether oxygens (including phenoxy) is 1. The van der Waals surface area contributed by atoms with Crippen molar-refractivity contribution in [3.63, 3.8) is 0 Å². The van der Waals surface area contributed by atoms with Crippen LogP contribution < -0.4 is 5.73 Å². The van der Waals surface area contributed by atoms with Crippen molar-refractivity contribution in [2.45, 2.75) is 25.2 Å². The van der Waals surface area contributed by atoms with Gasteiger partial charge >= 0.3 is 7.82 Å². The predicted molar refractivity (Wildman–Crippen MR) is 75.9 cm³/mol. The Morgan fingerprint density at radius 2 is 2.27 bits per heavy atom. The number of nitrogen functional groups attached to an aromatic ring is 1. The Bertz CT molecular complexity index is 749. The third-order valence-electron chi connectivity index (χ3n) is 3.25. The van der Waals surface area contributed by atoms with Crippen molar-refractivity contribution in [3.8, 4) is 0 Å². The van der Waals surface area contributed by atoms with Gasteiger partial charge in [0.15, 0.2) is 11.5 Å². The lowest BCUT2D eigenvalue weighted by Gasteiger charge is -2.15. The molecule has 0 spiro atoms. The second kappa shape index (κ2) is 5.73. The number of rotatable bonds is 4. The molecule has 2 aromatic rings. The molecular weight excluding hydrogens is 337 g/mol. The number of phosphoric acid groups is 1. The summed E-state index contributed by atoms with van der Waals surface area (Å²) < 4.78 is 22.5. The van der Waals surface area contributed by atoms with E-state index >= 15 is 0 Å². The standard InChI is InChI=1S/C10H13ClN5O5P/c11-10-14-8(12)7-9(15-10)16(4-13-7)6-2-1-5(21-6)3-20-22(17,18)19/h4-6H,1-3H2,(H2,12,14,15)(H2,17,18,19)/t5-,6+/m0/s1. The van der Waals surface area contributed by atoms with Crippen LogP contribution in [-0.4, -0.2) is 42.0 Å². The predicted octanol–water partition coefficient (Wildman–Crippen LogP) is 0.849. The number of anilines is 1. The van der Waals surface area contributed by atoms with Crippen molar-refractivity contribution in [1.82, 2.24) is 19.5 Å². The minimum atomic E-state index is -4.50. The molecule has 0 aliphatic carbocycles. The molecular formula is C10H13ClN5O5P. The Balaban J connectivity index is 1.77. The molecule has 10 nitrogen and oxygen atoms in total. The Labute approximate surface area is 129 Å². The molecule has 0 saturated carbocycles. The van der Waals surface area contributed by atoms with Crippen LogP contribution in [0, 0.1) is 0 Å². The van der Waals surface area contributed by atoms with E-state index < -0.39 is 13.9 Å².